The van der Waals surface area contributed by atoms with Crippen molar-refractivity contribution < 1.29 is 14.1 Å². The summed E-state index contributed by atoms with van der Waals surface area (Å²) in [7, 11) is 0. The molecule has 0 aliphatic heterocycles. The molecule has 26 heavy (non-hydrogen) atoms. The number of aryl methyl sites for hydroxylation is 1. The van der Waals surface area contributed by atoms with Crippen LogP contribution in [-0.4, -0.2) is 36.3 Å². The first-order chi connectivity index (χ1) is 12.3. The Labute approximate surface area is 150 Å². The second kappa shape index (κ2) is 7.03. The average Bonchev–Trinajstić information content (AvgIpc) is 3.22. The number of rotatable bonds is 5. The number of carbonyl (C=O) groups is 1. The molecule has 2 aromatic heterocycles. The molecule has 0 aliphatic carbocycles. The van der Waals surface area contributed by atoms with Gasteiger partial charge in [-0.2, -0.15) is 9.78 Å². The summed E-state index contributed by atoms with van der Waals surface area (Å²) in [5, 5.41) is 15.9. The van der Waals surface area contributed by atoms with Crippen LogP contribution in [0.5, 0.6) is 0 Å². The summed E-state index contributed by atoms with van der Waals surface area (Å²) in [6, 6.07) is 7.72. The molecule has 3 rings (SSSR count). The Bertz CT molecular complexity index is 892. The SMILES string of the molecule is Cc1ccc(-c2nnn(CC(=O)OCc3nc(C(C)(C)C)no3)n2)cc1. The number of hydrogen-bond acceptors (Lipinski definition) is 8. The highest BCUT2D eigenvalue weighted by molar-refractivity contribution is 5.68. The molecule has 0 atom stereocenters. The molecule has 0 amide bonds. The summed E-state index contributed by atoms with van der Waals surface area (Å²) < 4.78 is 10.2. The minimum absolute atomic E-state index is 0.0958. The molecule has 0 N–H and O–H groups in total. The molecule has 0 saturated carbocycles. The van der Waals surface area contributed by atoms with Gasteiger partial charge in [0.2, 0.25) is 5.82 Å². The van der Waals surface area contributed by atoms with Gasteiger partial charge in [0.1, 0.15) is 0 Å². The van der Waals surface area contributed by atoms with E-state index in [4.69, 9.17) is 9.26 Å². The van der Waals surface area contributed by atoms with E-state index >= 15 is 0 Å². The largest absolute Gasteiger partial charge is 0.454 e. The number of nitrogens with zero attached hydrogens (tertiary/aromatic N) is 6. The van der Waals surface area contributed by atoms with Crippen molar-refractivity contribution in [2.45, 2.75) is 46.3 Å². The van der Waals surface area contributed by atoms with Gasteiger partial charge < -0.3 is 9.26 Å². The van der Waals surface area contributed by atoms with Crippen molar-refractivity contribution in [2.75, 3.05) is 0 Å². The molecule has 0 aliphatic rings. The molecular formula is C17H20N6O3. The lowest BCUT2D eigenvalue weighted by Gasteiger charge is -2.10. The summed E-state index contributed by atoms with van der Waals surface area (Å²) in [4.78, 5) is 17.3. The van der Waals surface area contributed by atoms with Crippen LogP contribution in [0.25, 0.3) is 11.4 Å². The van der Waals surface area contributed by atoms with E-state index in [1.165, 1.54) is 4.80 Å². The lowest BCUT2D eigenvalue weighted by atomic mass is 9.96. The van der Waals surface area contributed by atoms with Crippen LogP contribution < -0.4 is 0 Å². The van der Waals surface area contributed by atoms with Gasteiger partial charge in [-0.25, -0.2) is 4.79 Å². The van der Waals surface area contributed by atoms with Crippen molar-refractivity contribution >= 4 is 5.97 Å². The van der Waals surface area contributed by atoms with Crippen LogP contribution in [0.15, 0.2) is 28.8 Å². The highest BCUT2D eigenvalue weighted by Gasteiger charge is 2.21. The van der Waals surface area contributed by atoms with E-state index in [2.05, 4.69) is 25.6 Å². The molecule has 0 unspecified atom stereocenters. The maximum atomic E-state index is 11.9. The third-order valence-corrected chi connectivity index (χ3v) is 3.53. The normalized spacial score (nSPS) is 11.5. The first kappa shape index (κ1) is 17.7. The minimum atomic E-state index is -0.520. The van der Waals surface area contributed by atoms with Gasteiger partial charge in [-0.1, -0.05) is 55.8 Å². The van der Waals surface area contributed by atoms with E-state index in [9.17, 15) is 4.79 Å². The monoisotopic (exact) mass is 356 g/mol. The third kappa shape index (κ3) is 4.29. The Balaban J connectivity index is 1.55. The van der Waals surface area contributed by atoms with E-state index in [-0.39, 0.29) is 24.5 Å². The minimum Gasteiger partial charge on any atom is -0.454 e. The van der Waals surface area contributed by atoms with Gasteiger partial charge in [-0.05, 0) is 12.1 Å². The van der Waals surface area contributed by atoms with Gasteiger partial charge in [-0.15, -0.1) is 10.2 Å². The van der Waals surface area contributed by atoms with Crippen LogP contribution >= 0.6 is 0 Å². The predicted molar refractivity (Wildman–Crippen MR) is 90.8 cm³/mol. The van der Waals surface area contributed by atoms with Gasteiger partial charge >= 0.3 is 5.97 Å². The molecular weight excluding hydrogens is 336 g/mol. The zero-order chi connectivity index (χ0) is 18.7. The zero-order valence-electron chi connectivity index (χ0n) is 15.1. The molecule has 0 spiro atoms. The van der Waals surface area contributed by atoms with Crippen molar-refractivity contribution in [1.29, 1.82) is 0 Å². The number of esters is 1. The summed E-state index contributed by atoms with van der Waals surface area (Å²) in [6.45, 7) is 7.65. The molecule has 9 nitrogen and oxygen atoms in total. The fourth-order valence-corrected chi connectivity index (χ4v) is 2.05. The number of hydrogen-bond donors (Lipinski definition) is 0. The molecule has 9 heteroatoms. The average molecular weight is 356 g/mol. The fourth-order valence-electron chi connectivity index (χ4n) is 2.05. The molecule has 0 saturated heterocycles. The number of ether oxygens (including phenoxy) is 1. The quantitative estimate of drug-likeness (QED) is 0.639. The Morgan fingerprint density at radius 2 is 1.96 bits per heavy atom. The molecule has 2 heterocycles. The number of carbonyl (C=O) groups excluding carboxylic acids is 1. The summed E-state index contributed by atoms with van der Waals surface area (Å²) in [5.41, 5.74) is 1.74. The zero-order valence-corrected chi connectivity index (χ0v) is 15.1. The molecule has 0 radical (unpaired) electrons. The van der Waals surface area contributed by atoms with Crippen molar-refractivity contribution in [3.63, 3.8) is 0 Å². The van der Waals surface area contributed by atoms with Crippen molar-refractivity contribution in [3.8, 4) is 11.4 Å². The Hall–Kier alpha value is -3.10. The van der Waals surface area contributed by atoms with Gasteiger partial charge in [0.05, 0.1) is 0 Å². The van der Waals surface area contributed by atoms with Gasteiger partial charge in [0, 0.05) is 11.0 Å². The maximum absolute atomic E-state index is 11.9. The van der Waals surface area contributed by atoms with Gasteiger partial charge in [0.15, 0.2) is 19.0 Å². The Kier molecular flexibility index (Phi) is 4.79. The molecule has 0 fully saturated rings. The summed E-state index contributed by atoms with van der Waals surface area (Å²) in [5.74, 6) is 0.734. The summed E-state index contributed by atoms with van der Waals surface area (Å²) >= 11 is 0. The van der Waals surface area contributed by atoms with Crippen molar-refractivity contribution in [2.24, 2.45) is 0 Å². The second-order valence-electron chi connectivity index (χ2n) is 6.93. The van der Waals surface area contributed by atoms with E-state index < -0.39 is 5.97 Å². The van der Waals surface area contributed by atoms with E-state index in [1.807, 2.05) is 52.0 Å². The van der Waals surface area contributed by atoms with Crippen LogP contribution in [0.2, 0.25) is 0 Å². The molecule has 3 aromatic rings. The highest BCUT2D eigenvalue weighted by atomic mass is 16.6. The van der Waals surface area contributed by atoms with Gasteiger partial charge in [0.25, 0.3) is 5.89 Å². The van der Waals surface area contributed by atoms with E-state index in [0.29, 0.717) is 11.6 Å². The third-order valence-electron chi connectivity index (χ3n) is 3.53. The molecule has 136 valence electrons. The maximum Gasteiger partial charge on any atom is 0.330 e. The fraction of sp³-hybridized carbons (Fsp3) is 0.412. The Morgan fingerprint density at radius 1 is 1.23 bits per heavy atom. The topological polar surface area (TPSA) is 109 Å². The first-order valence-electron chi connectivity index (χ1n) is 8.15. The molecule has 1 aromatic carbocycles. The standard InChI is InChI=1S/C17H20N6O3/c1-11-5-7-12(8-6-11)15-19-22-23(20-15)9-14(24)25-10-13-18-16(21-26-13)17(2,3)4/h5-8H,9-10H2,1-4H3. The predicted octanol–water partition coefficient (Wildman–Crippen LogP) is 2.07. The molecule has 0 bridgehead atoms. The number of benzene rings is 1. The van der Waals surface area contributed by atoms with Crippen LogP contribution in [0.1, 0.15) is 38.0 Å². The number of aromatic nitrogens is 6. The second-order valence-corrected chi connectivity index (χ2v) is 6.93. The van der Waals surface area contributed by atoms with Crippen LogP contribution in [-0.2, 0) is 28.1 Å². The lowest BCUT2D eigenvalue weighted by Crippen LogP contribution is -2.16. The van der Waals surface area contributed by atoms with Crippen molar-refractivity contribution in [3.05, 3.63) is 41.5 Å². The smallest absolute Gasteiger partial charge is 0.330 e. The lowest BCUT2D eigenvalue weighted by molar-refractivity contribution is -0.147. The summed E-state index contributed by atoms with van der Waals surface area (Å²) in [6.07, 6.45) is 0. The number of tetrazole rings is 1. The van der Waals surface area contributed by atoms with Crippen LogP contribution in [0, 0.1) is 6.92 Å². The van der Waals surface area contributed by atoms with E-state index in [1.54, 1.807) is 0 Å². The van der Waals surface area contributed by atoms with Gasteiger partial charge in [-0.3, -0.25) is 0 Å². The van der Waals surface area contributed by atoms with E-state index in [0.717, 1.165) is 11.1 Å². The van der Waals surface area contributed by atoms with Crippen LogP contribution in [0.3, 0.4) is 0 Å². The Morgan fingerprint density at radius 3 is 2.62 bits per heavy atom. The van der Waals surface area contributed by atoms with Crippen LogP contribution in [0.4, 0.5) is 0 Å². The van der Waals surface area contributed by atoms with Crippen molar-refractivity contribution in [1.82, 2.24) is 30.3 Å². The first-order valence-corrected chi connectivity index (χ1v) is 8.15. The highest BCUT2D eigenvalue weighted by Crippen LogP contribution is 2.18.